The van der Waals surface area contributed by atoms with Crippen molar-refractivity contribution in [1.82, 2.24) is 34.8 Å². The number of halogens is 2. The molecule has 0 fully saturated rings. The maximum absolute atomic E-state index is 13.5. The molecule has 3 aromatic heterocycles. The van der Waals surface area contributed by atoms with Crippen molar-refractivity contribution < 1.29 is 13.5 Å². The van der Waals surface area contributed by atoms with Gasteiger partial charge >= 0.3 is 0 Å². The van der Waals surface area contributed by atoms with Crippen molar-refractivity contribution in [1.29, 1.82) is 5.26 Å². The van der Waals surface area contributed by atoms with Gasteiger partial charge in [0.2, 0.25) is 0 Å². The molecule has 0 radical (unpaired) electrons. The van der Waals surface area contributed by atoms with Gasteiger partial charge in [0, 0.05) is 16.7 Å². The number of imidazole rings is 1. The van der Waals surface area contributed by atoms with Crippen molar-refractivity contribution in [2.24, 2.45) is 0 Å². The lowest BCUT2D eigenvalue weighted by Gasteiger charge is -2.15. The van der Waals surface area contributed by atoms with E-state index in [1.54, 1.807) is 21.3 Å². The van der Waals surface area contributed by atoms with Crippen LogP contribution in [0.25, 0.3) is 28.2 Å². The third kappa shape index (κ3) is 4.41. The Labute approximate surface area is 198 Å². The normalized spacial score (nSPS) is 12.1. The lowest BCUT2D eigenvalue weighted by molar-refractivity contribution is 0.151. The Morgan fingerprint density at radius 1 is 1.11 bits per heavy atom. The van der Waals surface area contributed by atoms with Gasteiger partial charge in [0.25, 0.3) is 6.43 Å². The second-order valence-corrected chi connectivity index (χ2v) is 7.80. The summed E-state index contributed by atoms with van der Waals surface area (Å²) >= 11 is 0. The number of tetrazole rings is 1. The highest BCUT2D eigenvalue weighted by atomic mass is 19.3. The molecule has 5 rings (SSSR count). The fourth-order valence-electron chi connectivity index (χ4n) is 3.83. The smallest absolute Gasteiger partial charge is 0.265 e. The molecule has 1 atom stereocenters. The molecule has 9 nitrogen and oxygen atoms in total. The molecular weight excluding hydrogens is 454 g/mol. The van der Waals surface area contributed by atoms with Crippen molar-refractivity contribution in [3.05, 3.63) is 78.2 Å². The average Bonchev–Trinajstić information content (AvgIpc) is 3.53. The quantitative estimate of drug-likeness (QED) is 0.347. The van der Waals surface area contributed by atoms with Gasteiger partial charge in [0.15, 0.2) is 5.65 Å². The van der Waals surface area contributed by atoms with Crippen LogP contribution in [0.1, 0.15) is 24.5 Å². The van der Waals surface area contributed by atoms with Gasteiger partial charge in [-0.25, -0.2) is 23.0 Å². The summed E-state index contributed by atoms with van der Waals surface area (Å²) in [5, 5.41) is 25.3. The summed E-state index contributed by atoms with van der Waals surface area (Å²) < 4.78 is 36.1. The molecule has 3 heterocycles. The van der Waals surface area contributed by atoms with Gasteiger partial charge in [-0.15, -0.1) is 5.10 Å². The second-order valence-electron chi connectivity index (χ2n) is 7.80. The number of hydrogen-bond donors (Lipinski definition) is 0. The lowest BCUT2D eigenvalue weighted by atomic mass is 10.0. The third-order valence-corrected chi connectivity index (χ3v) is 5.38. The van der Waals surface area contributed by atoms with Crippen LogP contribution in [0.15, 0.2) is 67.1 Å². The number of aromatic nitrogens is 7. The maximum atomic E-state index is 13.5. The summed E-state index contributed by atoms with van der Waals surface area (Å²) in [6, 6.07) is 17.3. The number of hydrogen-bond acceptors (Lipinski definition) is 7. The minimum atomic E-state index is -2.77. The molecule has 0 spiro atoms. The summed E-state index contributed by atoms with van der Waals surface area (Å²) in [7, 11) is 0. The number of nitriles is 1. The van der Waals surface area contributed by atoms with Crippen molar-refractivity contribution in [3.63, 3.8) is 0 Å². The zero-order valence-corrected chi connectivity index (χ0v) is 18.5. The molecule has 11 heteroatoms. The number of benzene rings is 2. The predicted molar refractivity (Wildman–Crippen MR) is 121 cm³/mol. The molecule has 0 aliphatic carbocycles. The molecule has 5 aromatic rings. The molecule has 0 aliphatic rings. The highest BCUT2D eigenvalue weighted by molar-refractivity contribution is 5.72. The van der Waals surface area contributed by atoms with E-state index in [2.05, 4.69) is 25.6 Å². The first-order valence-electron chi connectivity index (χ1n) is 10.7. The number of alkyl halides is 2. The Kier molecular flexibility index (Phi) is 5.85. The number of fused-ring (bicyclic) bond motifs is 1. The summed E-state index contributed by atoms with van der Waals surface area (Å²) in [5.74, 6) is 0.646. The molecule has 0 amide bonds. The molecule has 0 saturated heterocycles. The molecule has 35 heavy (non-hydrogen) atoms. The van der Waals surface area contributed by atoms with Gasteiger partial charge in [-0.3, -0.25) is 0 Å². The van der Waals surface area contributed by atoms with E-state index >= 15 is 0 Å². The number of ether oxygens (including phenoxy) is 1. The van der Waals surface area contributed by atoms with Gasteiger partial charge < -0.3 is 4.74 Å². The van der Waals surface area contributed by atoms with Crippen LogP contribution in [0.2, 0.25) is 0 Å². The van der Waals surface area contributed by atoms with Crippen LogP contribution in [0.5, 0.6) is 5.75 Å². The molecule has 1 unspecified atom stereocenters. The van der Waals surface area contributed by atoms with Crippen LogP contribution in [0.4, 0.5) is 8.78 Å². The van der Waals surface area contributed by atoms with Gasteiger partial charge in [0.05, 0.1) is 29.7 Å². The molecule has 0 N–H and O–H groups in total. The lowest BCUT2D eigenvalue weighted by Crippen LogP contribution is -2.20. The van der Waals surface area contributed by atoms with Crippen LogP contribution in [0, 0.1) is 11.3 Å². The van der Waals surface area contributed by atoms with Crippen LogP contribution >= 0.6 is 0 Å². The highest BCUT2D eigenvalue weighted by Crippen LogP contribution is 2.32. The fraction of sp³-hybridized carbons (Fsp3) is 0.167. The standard InChI is InChI=1S/C24H18F2N8O/c1-15(13-33-14-29-31-32-33)35-17-5-2-4-16(10-17)21-8-9-23-28-12-22(34(23)30-21)18-6-3-7-19(24(25)26)20(18)11-27/h2-10,12,14-15,24H,13H2,1H3. The predicted octanol–water partition coefficient (Wildman–Crippen LogP) is 4.33. The van der Waals surface area contributed by atoms with Gasteiger partial charge in [-0.1, -0.05) is 30.3 Å². The first-order valence-corrected chi connectivity index (χ1v) is 10.7. The van der Waals surface area contributed by atoms with Gasteiger partial charge in [0.1, 0.15) is 24.3 Å². The Bertz CT molecular complexity index is 1520. The van der Waals surface area contributed by atoms with E-state index in [0.717, 1.165) is 5.56 Å². The number of nitrogens with zero attached hydrogens (tertiary/aromatic N) is 8. The minimum absolute atomic E-state index is 0.0940. The largest absolute Gasteiger partial charge is 0.489 e. The highest BCUT2D eigenvalue weighted by Gasteiger charge is 2.19. The van der Waals surface area contributed by atoms with E-state index in [1.165, 1.54) is 24.7 Å². The Morgan fingerprint density at radius 2 is 1.97 bits per heavy atom. The van der Waals surface area contributed by atoms with E-state index in [9.17, 15) is 14.0 Å². The third-order valence-electron chi connectivity index (χ3n) is 5.38. The van der Waals surface area contributed by atoms with E-state index in [0.29, 0.717) is 34.9 Å². The molecule has 2 aromatic carbocycles. The Morgan fingerprint density at radius 3 is 2.74 bits per heavy atom. The molecule has 0 bridgehead atoms. The van der Waals surface area contributed by atoms with Crippen molar-refractivity contribution in [3.8, 4) is 34.3 Å². The van der Waals surface area contributed by atoms with Gasteiger partial charge in [-0.2, -0.15) is 10.4 Å². The average molecular weight is 472 g/mol. The molecule has 0 aliphatic heterocycles. The molecule has 174 valence electrons. The Hall–Kier alpha value is -4.72. The summed E-state index contributed by atoms with van der Waals surface area (Å²) in [6.07, 6.45) is 0.0964. The van der Waals surface area contributed by atoms with E-state index in [1.807, 2.05) is 43.3 Å². The maximum Gasteiger partial charge on any atom is 0.265 e. The number of rotatable bonds is 7. The monoisotopic (exact) mass is 472 g/mol. The van der Waals surface area contributed by atoms with E-state index in [4.69, 9.17) is 4.74 Å². The van der Waals surface area contributed by atoms with Crippen molar-refractivity contribution >= 4 is 5.65 Å². The zero-order valence-electron chi connectivity index (χ0n) is 18.5. The van der Waals surface area contributed by atoms with E-state index < -0.39 is 6.43 Å². The summed E-state index contributed by atoms with van der Waals surface area (Å²) in [5.41, 5.74) is 2.32. The van der Waals surface area contributed by atoms with Crippen molar-refractivity contribution in [2.75, 3.05) is 0 Å². The first kappa shape index (κ1) is 22.1. The molecular formula is C24H18F2N8O. The first-order chi connectivity index (χ1) is 17.0. The zero-order chi connectivity index (χ0) is 24.4. The van der Waals surface area contributed by atoms with Crippen molar-refractivity contribution in [2.45, 2.75) is 26.0 Å². The van der Waals surface area contributed by atoms with Crippen LogP contribution in [-0.4, -0.2) is 40.9 Å². The van der Waals surface area contributed by atoms with E-state index in [-0.39, 0.29) is 17.2 Å². The summed E-state index contributed by atoms with van der Waals surface area (Å²) in [6.45, 7) is 2.40. The van der Waals surface area contributed by atoms with Crippen LogP contribution < -0.4 is 4.74 Å². The minimum Gasteiger partial charge on any atom is -0.489 e. The topological polar surface area (TPSA) is 107 Å². The SMILES string of the molecule is CC(Cn1cnnn1)Oc1cccc(-c2ccc3ncc(-c4cccc(C(F)F)c4C#N)n3n2)c1. The molecule has 0 saturated carbocycles. The second kappa shape index (κ2) is 9.26. The van der Waals surface area contributed by atoms with Crippen LogP contribution in [-0.2, 0) is 6.54 Å². The van der Waals surface area contributed by atoms with Gasteiger partial charge in [-0.05, 0) is 41.6 Å². The van der Waals surface area contributed by atoms with Crippen LogP contribution in [0.3, 0.4) is 0 Å². The summed E-state index contributed by atoms with van der Waals surface area (Å²) in [4.78, 5) is 4.33. The fourth-order valence-corrected chi connectivity index (χ4v) is 3.83. The Balaban J connectivity index is 1.49.